The molecular formula is C23H27BrN4O3. The molecule has 164 valence electrons. The monoisotopic (exact) mass is 486 g/mol. The van der Waals surface area contributed by atoms with E-state index in [4.69, 9.17) is 0 Å². The lowest BCUT2D eigenvalue weighted by molar-refractivity contribution is -0.129. The summed E-state index contributed by atoms with van der Waals surface area (Å²) in [6.45, 7) is 6.95. The Bertz CT molecular complexity index is 971. The van der Waals surface area contributed by atoms with Crippen LogP contribution in [0, 0.1) is 0 Å². The number of nitrogens with zero attached hydrogens (tertiary/aromatic N) is 3. The van der Waals surface area contributed by atoms with Gasteiger partial charge in [0.15, 0.2) is 6.29 Å². The molecule has 3 rings (SSSR count). The summed E-state index contributed by atoms with van der Waals surface area (Å²) in [5.74, 6) is 0.489. The molecule has 3 amide bonds. The van der Waals surface area contributed by atoms with Gasteiger partial charge in [0, 0.05) is 42.4 Å². The Morgan fingerprint density at radius 3 is 2.55 bits per heavy atom. The molecular weight excluding hydrogens is 460 g/mol. The molecule has 2 heterocycles. The maximum atomic E-state index is 13.5. The highest BCUT2D eigenvalue weighted by atomic mass is 79.9. The molecule has 0 aliphatic carbocycles. The predicted octanol–water partition coefficient (Wildman–Crippen LogP) is 4.83. The van der Waals surface area contributed by atoms with Gasteiger partial charge in [-0.2, -0.15) is 0 Å². The number of pyridine rings is 1. The van der Waals surface area contributed by atoms with Crippen molar-refractivity contribution in [2.45, 2.75) is 45.6 Å². The van der Waals surface area contributed by atoms with E-state index in [1.165, 1.54) is 0 Å². The van der Waals surface area contributed by atoms with Gasteiger partial charge in [-0.3, -0.25) is 19.8 Å². The number of benzene rings is 1. The topological polar surface area (TPSA) is 82.6 Å². The van der Waals surface area contributed by atoms with Crippen molar-refractivity contribution < 1.29 is 14.4 Å². The third-order valence-electron chi connectivity index (χ3n) is 5.55. The van der Waals surface area contributed by atoms with Crippen molar-refractivity contribution in [3.05, 3.63) is 52.1 Å². The minimum atomic E-state index is -0.340. The smallest absolute Gasteiger partial charge is 0.327 e. The lowest BCUT2D eigenvalue weighted by Crippen LogP contribution is -2.50. The summed E-state index contributed by atoms with van der Waals surface area (Å²) in [5, 5.41) is 2.83. The van der Waals surface area contributed by atoms with E-state index in [-0.39, 0.29) is 29.7 Å². The minimum absolute atomic E-state index is 0.0479. The summed E-state index contributed by atoms with van der Waals surface area (Å²) < 4.78 is 0.659. The largest absolute Gasteiger partial charge is 0.343 e. The highest BCUT2D eigenvalue weighted by molar-refractivity contribution is 9.10. The van der Waals surface area contributed by atoms with Crippen LogP contribution in [-0.2, 0) is 4.79 Å². The third-order valence-corrected chi connectivity index (χ3v) is 5.98. The molecule has 1 saturated heterocycles. The fourth-order valence-corrected chi connectivity index (χ4v) is 4.27. The Hall–Kier alpha value is -2.74. The van der Waals surface area contributed by atoms with E-state index in [9.17, 15) is 14.4 Å². The number of urea groups is 1. The Kier molecular flexibility index (Phi) is 7.43. The number of anilines is 2. The number of piperidine rings is 1. The van der Waals surface area contributed by atoms with Gasteiger partial charge in [-0.05, 0) is 52.4 Å². The minimum Gasteiger partial charge on any atom is -0.343 e. The Balaban J connectivity index is 1.96. The number of hydrogen-bond acceptors (Lipinski definition) is 4. The first kappa shape index (κ1) is 22.9. The van der Waals surface area contributed by atoms with Gasteiger partial charge in [0.05, 0.1) is 5.56 Å². The molecule has 1 fully saturated rings. The number of carbonyl (C=O) groups excluding carboxylic acids is 3. The van der Waals surface area contributed by atoms with Crippen molar-refractivity contribution >= 4 is 45.7 Å². The number of halogens is 1. The number of likely N-dealkylation sites (tertiary alicyclic amines) is 1. The standard InChI is InChI=1S/C23H27BrN4O3/c1-15(2)20-6-4-5-7-21(20)28(19-8-10-27(11-9-19)16(3)30)23(31)26-22-17(14-29)12-18(24)13-25-22/h4-7,12-15,19H,8-11H2,1-3H3,(H,25,26,31). The molecule has 0 saturated carbocycles. The van der Waals surface area contributed by atoms with Crippen molar-refractivity contribution in [1.82, 2.24) is 9.88 Å². The molecule has 7 nitrogen and oxygen atoms in total. The zero-order valence-corrected chi connectivity index (χ0v) is 19.6. The van der Waals surface area contributed by atoms with E-state index in [0.29, 0.717) is 42.3 Å². The van der Waals surface area contributed by atoms with Gasteiger partial charge in [-0.1, -0.05) is 32.0 Å². The first-order chi connectivity index (χ1) is 14.8. The van der Waals surface area contributed by atoms with E-state index in [1.54, 1.807) is 24.1 Å². The summed E-state index contributed by atoms with van der Waals surface area (Å²) >= 11 is 3.30. The molecule has 2 aromatic rings. The quantitative estimate of drug-likeness (QED) is 0.613. The highest BCUT2D eigenvalue weighted by Crippen LogP contribution is 2.32. The number of carbonyl (C=O) groups is 3. The van der Waals surface area contributed by atoms with Crippen LogP contribution in [0.25, 0.3) is 0 Å². The number of para-hydroxylation sites is 1. The number of amides is 3. The van der Waals surface area contributed by atoms with Crippen LogP contribution >= 0.6 is 15.9 Å². The van der Waals surface area contributed by atoms with Crippen LogP contribution in [0.2, 0.25) is 0 Å². The number of nitrogens with one attached hydrogen (secondary N) is 1. The summed E-state index contributed by atoms with van der Waals surface area (Å²) in [6, 6.07) is 9.06. The van der Waals surface area contributed by atoms with Crippen molar-refractivity contribution in [3.8, 4) is 0 Å². The summed E-state index contributed by atoms with van der Waals surface area (Å²) in [7, 11) is 0. The van der Waals surface area contributed by atoms with Crippen LogP contribution in [0.15, 0.2) is 41.0 Å². The SMILES string of the molecule is CC(=O)N1CCC(N(C(=O)Nc2ncc(Br)cc2C=O)c2ccccc2C(C)C)CC1. The first-order valence-electron chi connectivity index (χ1n) is 10.4. The Morgan fingerprint density at radius 2 is 1.94 bits per heavy atom. The van der Waals surface area contributed by atoms with E-state index >= 15 is 0 Å². The molecule has 1 aromatic carbocycles. The summed E-state index contributed by atoms with van der Waals surface area (Å²) in [4.78, 5) is 44.5. The molecule has 1 aliphatic heterocycles. The van der Waals surface area contributed by atoms with E-state index in [2.05, 4.69) is 40.1 Å². The van der Waals surface area contributed by atoms with Crippen LogP contribution < -0.4 is 10.2 Å². The summed E-state index contributed by atoms with van der Waals surface area (Å²) in [6.07, 6.45) is 3.56. The van der Waals surface area contributed by atoms with Gasteiger partial charge in [0.2, 0.25) is 5.91 Å². The molecule has 0 atom stereocenters. The molecule has 0 unspecified atom stereocenters. The molecule has 0 spiro atoms. The maximum Gasteiger partial charge on any atom is 0.327 e. The molecule has 1 aliphatic rings. The lowest BCUT2D eigenvalue weighted by atomic mass is 9.97. The average Bonchev–Trinajstić information content (AvgIpc) is 2.75. The van der Waals surface area contributed by atoms with Crippen LogP contribution in [-0.4, -0.2) is 47.2 Å². The van der Waals surface area contributed by atoms with Gasteiger partial charge in [-0.15, -0.1) is 0 Å². The number of aldehydes is 1. The fourth-order valence-electron chi connectivity index (χ4n) is 3.92. The van der Waals surface area contributed by atoms with Gasteiger partial charge in [0.25, 0.3) is 0 Å². The lowest BCUT2D eigenvalue weighted by Gasteiger charge is -2.39. The molecule has 1 N–H and O–H groups in total. The van der Waals surface area contributed by atoms with Crippen LogP contribution in [0.3, 0.4) is 0 Å². The fraction of sp³-hybridized carbons (Fsp3) is 0.391. The molecule has 8 heteroatoms. The van der Waals surface area contributed by atoms with Gasteiger partial charge < -0.3 is 4.90 Å². The number of rotatable bonds is 5. The number of hydrogen-bond donors (Lipinski definition) is 1. The van der Waals surface area contributed by atoms with Crippen molar-refractivity contribution in [3.63, 3.8) is 0 Å². The molecule has 1 aromatic heterocycles. The predicted molar refractivity (Wildman–Crippen MR) is 125 cm³/mol. The van der Waals surface area contributed by atoms with Crippen molar-refractivity contribution in [2.24, 2.45) is 0 Å². The molecule has 31 heavy (non-hydrogen) atoms. The normalized spacial score (nSPS) is 14.4. The van der Waals surface area contributed by atoms with Crippen LogP contribution in [0.5, 0.6) is 0 Å². The number of aromatic nitrogens is 1. The van der Waals surface area contributed by atoms with Crippen molar-refractivity contribution in [1.29, 1.82) is 0 Å². The average molecular weight is 487 g/mol. The second kappa shape index (κ2) is 10.0. The Morgan fingerprint density at radius 1 is 1.26 bits per heavy atom. The zero-order valence-electron chi connectivity index (χ0n) is 18.0. The molecule has 0 bridgehead atoms. The Labute approximate surface area is 191 Å². The van der Waals surface area contributed by atoms with Gasteiger partial charge in [-0.25, -0.2) is 9.78 Å². The van der Waals surface area contributed by atoms with E-state index < -0.39 is 0 Å². The van der Waals surface area contributed by atoms with Gasteiger partial charge in [0.1, 0.15) is 5.82 Å². The van der Waals surface area contributed by atoms with Crippen molar-refractivity contribution in [2.75, 3.05) is 23.3 Å². The van der Waals surface area contributed by atoms with Crippen LogP contribution in [0.1, 0.15) is 55.5 Å². The van der Waals surface area contributed by atoms with Crippen LogP contribution in [0.4, 0.5) is 16.3 Å². The maximum absolute atomic E-state index is 13.5. The third kappa shape index (κ3) is 5.31. The second-order valence-corrected chi connectivity index (χ2v) is 8.88. The van der Waals surface area contributed by atoms with E-state index in [1.807, 2.05) is 29.2 Å². The first-order valence-corrected chi connectivity index (χ1v) is 11.2. The van der Waals surface area contributed by atoms with E-state index in [0.717, 1.165) is 11.3 Å². The van der Waals surface area contributed by atoms with Gasteiger partial charge >= 0.3 is 6.03 Å². The second-order valence-electron chi connectivity index (χ2n) is 7.96. The molecule has 0 radical (unpaired) electrons. The highest BCUT2D eigenvalue weighted by Gasteiger charge is 2.32. The summed E-state index contributed by atoms with van der Waals surface area (Å²) in [5.41, 5.74) is 2.19. The zero-order chi connectivity index (χ0) is 22.5.